The van der Waals surface area contributed by atoms with Crippen LogP contribution in [0.25, 0.3) is 0 Å². The van der Waals surface area contributed by atoms with Gasteiger partial charge in [0.1, 0.15) is 0 Å². The summed E-state index contributed by atoms with van der Waals surface area (Å²) < 4.78 is 15.8. The van der Waals surface area contributed by atoms with Crippen molar-refractivity contribution in [3.8, 4) is 17.2 Å². The number of ether oxygens (including phenoxy) is 3. The van der Waals surface area contributed by atoms with Gasteiger partial charge in [0.05, 0.1) is 21.3 Å². The predicted molar refractivity (Wildman–Crippen MR) is 87.2 cm³/mol. The van der Waals surface area contributed by atoms with E-state index in [1.807, 2.05) is 0 Å². The molecule has 5 nitrogen and oxygen atoms in total. The van der Waals surface area contributed by atoms with Gasteiger partial charge in [-0.1, -0.05) is 32.6 Å². The molecule has 0 saturated carbocycles. The highest BCUT2D eigenvalue weighted by molar-refractivity contribution is 5.95. The van der Waals surface area contributed by atoms with Crippen molar-refractivity contribution < 1.29 is 19.0 Å². The maximum Gasteiger partial charge on any atom is 0.251 e. The molecule has 0 saturated heterocycles. The van der Waals surface area contributed by atoms with Crippen molar-refractivity contribution in [2.24, 2.45) is 0 Å². The Kier molecular flexibility index (Phi) is 8.18. The van der Waals surface area contributed by atoms with Crippen LogP contribution in [0.1, 0.15) is 49.4 Å². The fraction of sp³-hybridized carbons (Fsp3) is 0.588. The molecule has 0 unspecified atom stereocenters. The first kappa shape index (κ1) is 18.1. The molecule has 0 radical (unpaired) electrons. The fourth-order valence-electron chi connectivity index (χ4n) is 2.24. The fourth-order valence-corrected chi connectivity index (χ4v) is 2.24. The summed E-state index contributed by atoms with van der Waals surface area (Å²) in [6.45, 7) is 2.87. The van der Waals surface area contributed by atoms with Gasteiger partial charge in [-0.25, -0.2) is 0 Å². The summed E-state index contributed by atoms with van der Waals surface area (Å²) in [5.41, 5.74) is 0.503. The van der Waals surface area contributed by atoms with Gasteiger partial charge in [-0.3, -0.25) is 4.79 Å². The van der Waals surface area contributed by atoms with Crippen LogP contribution in [0.15, 0.2) is 12.1 Å². The minimum Gasteiger partial charge on any atom is -0.493 e. The van der Waals surface area contributed by atoms with Crippen molar-refractivity contribution in [1.29, 1.82) is 0 Å². The Morgan fingerprint density at radius 1 is 0.955 bits per heavy atom. The number of amides is 1. The van der Waals surface area contributed by atoms with Crippen molar-refractivity contribution >= 4 is 5.91 Å². The van der Waals surface area contributed by atoms with Gasteiger partial charge in [0, 0.05) is 12.1 Å². The third kappa shape index (κ3) is 5.13. The van der Waals surface area contributed by atoms with Crippen LogP contribution in [0.5, 0.6) is 17.2 Å². The number of benzene rings is 1. The molecule has 0 aliphatic carbocycles. The van der Waals surface area contributed by atoms with E-state index in [4.69, 9.17) is 14.2 Å². The van der Waals surface area contributed by atoms with Crippen LogP contribution in [0.4, 0.5) is 0 Å². The van der Waals surface area contributed by atoms with E-state index in [9.17, 15) is 4.79 Å². The molecule has 0 aromatic heterocycles. The molecule has 1 rings (SSSR count). The third-order valence-electron chi connectivity index (χ3n) is 3.49. The first-order valence-electron chi connectivity index (χ1n) is 7.76. The lowest BCUT2D eigenvalue weighted by atomic mass is 10.1. The van der Waals surface area contributed by atoms with E-state index in [0.29, 0.717) is 29.4 Å². The number of hydrogen-bond donors (Lipinski definition) is 1. The first-order chi connectivity index (χ1) is 10.7. The van der Waals surface area contributed by atoms with Gasteiger partial charge in [0.25, 0.3) is 5.91 Å². The monoisotopic (exact) mass is 309 g/mol. The van der Waals surface area contributed by atoms with E-state index in [1.165, 1.54) is 40.6 Å². The van der Waals surface area contributed by atoms with Crippen LogP contribution in [0.3, 0.4) is 0 Å². The number of carbonyl (C=O) groups excluding carboxylic acids is 1. The predicted octanol–water partition coefficient (Wildman–Crippen LogP) is 3.41. The number of rotatable bonds is 10. The van der Waals surface area contributed by atoms with Gasteiger partial charge in [0.2, 0.25) is 5.75 Å². The van der Waals surface area contributed by atoms with Crippen LogP contribution in [0.2, 0.25) is 0 Å². The van der Waals surface area contributed by atoms with E-state index in [-0.39, 0.29) is 5.91 Å². The molecule has 0 aliphatic rings. The number of nitrogens with one attached hydrogen (secondary N) is 1. The zero-order valence-corrected chi connectivity index (χ0v) is 14.0. The quantitative estimate of drug-likeness (QED) is 0.673. The van der Waals surface area contributed by atoms with Gasteiger partial charge < -0.3 is 19.5 Å². The maximum absolute atomic E-state index is 12.2. The van der Waals surface area contributed by atoms with Crippen molar-refractivity contribution in [2.75, 3.05) is 27.9 Å². The largest absolute Gasteiger partial charge is 0.493 e. The van der Waals surface area contributed by atoms with Gasteiger partial charge in [-0.2, -0.15) is 0 Å². The second-order valence-corrected chi connectivity index (χ2v) is 5.08. The van der Waals surface area contributed by atoms with Crippen molar-refractivity contribution in [2.45, 2.75) is 39.0 Å². The average molecular weight is 309 g/mol. The minimum absolute atomic E-state index is 0.130. The molecule has 1 aromatic carbocycles. The molecule has 0 atom stereocenters. The second-order valence-electron chi connectivity index (χ2n) is 5.08. The number of carbonyl (C=O) groups is 1. The smallest absolute Gasteiger partial charge is 0.251 e. The number of methoxy groups -OCH3 is 3. The topological polar surface area (TPSA) is 56.8 Å². The summed E-state index contributed by atoms with van der Waals surface area (Å²) in [4.78, 5) is 12.2. The Hall–Kier alpha value is -1.91. The SMILES string of the molecule is CCCCCCCNC(=O)c1cc(OC)c(OC)c(OC)c1. The second kappa shape index (κ2) is 9.92. The molecule has 1 N–H and O–H groups in total. The molecule has 0 spiro atoms. The summed E-state index contributed by atoms with van der Waals surface area (Å²) in [5, 5.41) is 2.93. The van der Waals surface area contributed by atoms with Crippen molar-refractivity contribution in [3.05, 3.63) is 17.7 Å². The van der Waals surface area contributed by atoms with Crippen LogP contribution in [-0.4, -0.2) is 33.8 Å². The summed E-state index contributed by atoms with van der Waals surface area (Å²) >= 11 is 0. The lowest BCUT2D eigenvalue weighted by molar-refractivity contribution is 0.0952. The molecule has 124 valence electrons. The van der Waals surface area contributed by atoms with E-state index < -0.39 is 0 Å². The van der Waals surface area contributed by atoms with Gasteiger partial charge >= 0.3 is 0 Å². The van der Waals surface area contributed by atoms with Gasteiger partial charge in [-0.05, 0) is 18.6 Å². The molecular formula is C17H27NO4. The van der Waals surface area contributed by atoms with Gasteiger partial charge in [-0.15, -0.1) is 0 Å². The van der Waals surface area contributed by atoms with E-state index >= 15 is 0 Å². The van der Waals surface area contributed by atoms with Crippen molar-refractivity contribution in [1.82, 2.24) is 5.32 Å². The molecule has 1 amide bonds. The van der Waals surface area contributed by atoms with Gasteiger partial charge in [0.15, 0.2) is 11.5 Å². The molecule has 0 fully saturated rings. The maximum atomic E-state index is 12.2. The van der Waals surface area contributed by atoms with Crippen molar-refractivity contribution in [3.63, 3.8) is 0 Å². The Bertz CT molecular complexity index is 449. The summed E-state index contributed by atoms with van der Waals surface area (Å²) in [7, 11) is 4.61. The van der Waals surface area contributed by atoms with E-state index in [2.05, 4.69) is 12.2 Å². The minimum atomic E-state index is -0.130. The Morgan fingerprint density at radius 2 is 1.55 bits per heavy atom. The molecule has 0 aliphatic heterocycles. The molecule has 22 heavy (non-hydrogen) atoms. The van der Waals surface area contributed by atoms with E-state index in [1.54, 1.807) is 12.1 Å². The van der Waals surface area contributed by atoms with Crippen LogP contribution < -0.4 is 19.5 Å². The lowest BCUT2D eigenvalue weighted by Gasteiger charge is -2.14. The van der Waals surface area contributed by atoms with E-state index in [0.717, 1.165) is 12.8 Å². The van der Waals surface area contributed by atoms with Crippen LogP contribution >= 0.6 is 0 Å². The molecule has 1 aromatic rings. The Labute approximate surface area is 132 Å². The third-order valence-corrected chi connectivity index (χ3v) is 3.49. The van der Waals surface area contributed by atoms with Crippen LogP contribution in [0, 0.1) is 0 Å². The zero-order chi connectivity index (χ0) is 16.4. The summed E-state index contributed by atoms with van der Waals surface area (Å²) in [6, 6.07) is 3.32. The lowest BCUT2D eigenvalue weighted by Crippen LogP contribution is -2.24. The standard InChI is InChI=1S/C17H27NO4/c1-5-6-7-8-9-10-18-17(19)13-11-14(20-2)16(22-4)15(12-13)21-3/h11-12H,5-10H2,1-4H3,(H,18,19). The Morgan fingerprint density at radius 3 is 2.05 bits per heavy atom. The molecular weight excluding hydrogens is 282 g/mol. The normalized spacial score (nSPS) is 10.2. The first-order valence-corrected chi connectivity index (χ1v) is 7.76. The Balaban J connectivity index is 2.65. The highest BCUT2D eigenvalue weighted by atomic mass is 16.5. The average Bonchev–Trinajstić information content (AvgIpc) is 2.56. The highest BCUT2D eigenvalue weighted by Gasteiger charge is 2.16. The number of hydrogen-bond acceptors (Lipinski definition) is 4. The summed E-state index contributed by atoms with van der Waals surface area (Å²) in [5.74, 6) is 1.32. The molecule has 0 bridgehead atoms. The highest BCUT2D eigenvalue weighted by Crippen LogP contribution is 2.38. The number of unbranched alkanes of at least 4 members (excludes halogenated alkanes) is 4. The zero-order valence-electron chi connectivity index (χ0n) is 14.0. The van der Waals surface area contributed by atoms with Crippen LogP contribution in [-0.2, 0) is 0 Å². The summed E-state index contributed by atoms with van der Waals surface area (Å²) in [6.07, 6.45) is 5.83. The molecule has 5 heteroatoms. The molecule has 0 heterocycles.